The Balaban J connectivity index is 2.69. The van der Waals surface area contributed by atoms with E-state index in [-0.39, 0.29) is 6.04 Å². The molecule has 0 heterocycles. The molecule has 0 aliphatic rings. The van der Waals surface area contributed by atoms with Gasteiger partial charge in [0.05, 0.1) is 0 Å². The summed E-state index contributed by atoms with van der Waals surface area (Å²) in [4.78, 5) is 21.6. The molecule has 4 nitrogen and oxygen atoms in total. The monoisotopic (exact) mass is 248 g/mol. The van der Waals surface area contributed by atoms with Gasteiger partial charge in [0.25, 0.3) is 0 Å². The minimum Gasteiger partial charge on any atom is -0.330 e. The van der Waals surface area contributed by atoms with Crippen molar-refractivity contribution in [3.8, 4) is 0 Å². The van der Waals surface area contributed by atoms with Crippen LogP contribution in [0.2, 0.25) is 0 Å². The molecule has 0 saturated heterocycles. The maximum atomic E-state index is 10.9. The molecule has 1 atom stereocenters. The van der Waals surface area contributed by atoms with E-state index in [2.05, 4.69) is 0 Å². The number of aldehydes is 2. The second-order valence-electron chi connectivity index (χ2n) is 4.44. The van der Waals surface area contributed by atoms with Gasteiger partial charge in [0.1, 0.15) is 12.6 Å². The molecule has 0 aliphatic heterocycles. The van der Waals surface area contributed by atoms with E-state index >= 15 is 0 Å². The van der Waals surface area contributed by atoms with Crippen LogP contribution in [0.5, 0.6) is 0 Å². The third kappa shape index (κ3) is 4.39. The first-order valence-corrected chi connectivity index (χ1v) is 6.20. The van der Waals surface area contributed by atoms with Crippen LogP contribution < -0.4 is 11.5 Å². The van der Waals surface area contributed by atoms with E-state index in [4.69, 9.17) is 11.5 Å². The van der Waals surface area contributed by atoms with Gasteiger partial charge in [-0.1, -0.05) is 18.6 Å². The van der Waals surface area contributed by atoms with Crippen LogP contribution in [0, 0.1) is 0 Å². The predicted molar refractivity (Wildman–Crippen MR) is 71.8 cm³/mol. The van der Waals surface area contributed by atoms with Gasteiger partial charge in [-0.05, 0) is 37.4 Å². The van der Waals surface area contributed by atoms with E-state index in [9.17, 15) is 9.59 Å². The third-order valence-corrected chi connectivity index (χ3v) is 2.94. The van der Waals surface area contributed by atoms with Crippen molar-refractivity contribution in [2.45, 2.75) is 31.7 Å². The molecule has 1 aromatic carbocycles. The second-order valence-corrected chi connectivity index (χ2v) is 4.44. The average molecular weight is 248 g/mol. The van der Waals surface area contributed by atoms with Crippen molar-refractivity contribution in [1.82, 2.24) is 0 Å². The van der Waals surface area contributed by atoms with Gasteiger partial charge < -0.3 is 11.5 Å². The molecule has 0 fully saturated rings. The molecule has 4 heteroatoms. The van der Waals surface area contributed by atoms with E-state index in [0.717, 1.165) is 37.4 Å². The largest absolute Gasteiger partial charge is 0.330 e. The van der Waals surface area contributed by atoms with Crippen LogP contribution >= 0.6 is 0 Å². The van der Waals surface area contributed by atoms with Crippen LogP contribution in [0.3, 0.4) is 0 Å². The molecule has 18 heavy (non-hydrogen) atoms. The van der Waals surface area contributed by atoms with E-state index < -0.39 is 0 Å². The van der Waals surface area contributed by atoms with Gasteiger partial charge in [-0.25, -0.2) is 0 Å². The van der Waals surface area contributed by atoms with Crippen LogP contribution in [0.25, 0.3) is 0 Å². The molecule has 0 amide bonds. The molecule has 0 aromatic heterocycles. The quantitative estimate of drug-likeness (QED) is 0.536. The van der Waals surface area contributed by atoms with Gasteiger partial charge >= 0.3 is 0 Å². The highest BCUT2D eigenvalue weighted by Gasteiger charge is 2.08. The molecular weight excluding hydrogens is 228 g/mol. The van der Waals surface area contributed by atoms with Gasteiger partial charge in [0, 0.05) is 17.2 Å². The number of carbonyl (C=O) groups is 2. The summed E-state index contributed by atoms with van der Waals surface area (Å²) in [6.07, 6.45) is 5.01. The maximum absolute atomic E-state index is 10.9. The Kier molecular flexibility index (Phi) is 6.25. The van der Waals surface area contributed by atoms with Crippen molar-refractivity contribution in [3.63, 3.8) is 0 Å². The zero-order valence-electron chi connectivity index (χ0n) is 10.5. The molecule has 98 valence electrons. The summed E-state index contributed by atoms with van der Waals surface area (Å²) in [6.45, 7) is 0.674. The van der Waals surface area contributed by atoms with E-state index in [1.54, 1.807) is 18.2 Å². The zero-order chi connectivity index (χ0) is 13.4. The SMILES string of the molecule is NCCCC[C@H](N)Cc1cc(C=O)ccc1C=O. The fraction of sp³-hybridized carbons (Fsp3) is 0.429. The van der Waals surface area contributed by atoms with Crippen LogP contribution in [-0.4, -0.2) is 25.2 Å². The fourth-order valence-corrected chi connectivity index (χ4v) is 1.93. The number of nitrogens with two attached hydrogens (primary N) is 2. The van der Waals surface area contributed by atoms with Crippen LogP contribution in [0.4, 0.5) is 0 Å². The van der Waals surface area contributed by atoms with E-state index in [1.807, 2.05) is 0 Å². The molecule has 0 aliphatic carbocycles. The first-order chi connectivity index (χ1) is 8.71. The molecule has 0 unspecified atom stereocenters. The Morgan fingerprint density at radius 1 is 1.17 bits per heavy atom. The van der Waals surface area contributed by atoms with E-state index in [0.29, 0.717) is 24.1 Å². The molecule has 0 bridgehead atoms. The maximum Gasteiger partial charge on any atom is 0.150 e. The summed E-state index contributed by atoms with van der Waals surface area (Å²) in [5.74, 6) is 0. The van der Waals surface area contributed by atoms with Crippen LogP contribution in [0.1, 0.15) is 45.5 Å². The first-order valence-electron chi connectivity index (χ1n) is 6.20. The highest BCUT2D eigenvalue weighted by Crippen LogP contribution is 2.13. The lowest BCUT2D eigenvalue weighted by molar-refractivity contribution is 0.111. The lowest BCUT2D eigenvalue weighted by atomic mass is 9.96. The van der Waals surface area contributed by atoms with Gasteiger partial charge in [-0.15, -0.1) is 0 Å². The molecule has 0 radical (unpaired) electrons. The fourth-order valence-electron chi connectivity index (χ4n) is 1.93. The number of unbranched alkanes of at least 4 members (excludes halogenated alkanes) is 1. The molecule has 4 N–H and O–H groups in total. The summed E-state index contributed by atoms with van der Waals surface area (Å²) in [5.41, 5.74) is 13.5. The van der Waals surface area contributed by atoms with Gasteiger partial charge in [0.15, 0.2) is 0 Å². The summed E-state index contributed by atoms with van der Waals surface area (Å²) < 4.78 is 0. The summed E-state index contributed by atoms with van der Waals surface area (Å²) in [7, 11) is 0. The normalized spacial score (nSPS) is 12.1. The second kappa shape index (κ2) is 7.74. The standard InChI is InChI=1S/C14H20N2O2/c15-6-2-1-3-14(16)8-13-7-11(9-17)4-5-12(13)10-18/h4-5,7,9-10,14H,1-3,6,8,15-16H2/t14-/m0/s1. The van der Waals surface area contributed by atoms with Crippen molar-refractivity contribution in [2.75, 3.05) is 6.54 Å². The number of hydrogen-bond acceptors (Lipinski definition) is 4. The lowest BCUT2D eigenvalue weighted by Gasteiger charge is -2.13. The summed E-state index contributed by atoms with van der Waals surface area (Å²) >= 11 is 0. The Morgan fingerprint density at radius 2 is 1.94 bits per heavy atom. The summed E-state index contributed by atoms with van der Waals surface area (Å²) in [5, 5.41) is 0. The van der Waals surface area contributed by atoms with Crippen molar-refractivity contribution in [3.05, 3.63) is 34.9 Å². The summed E-state index contributed by atoms with van der Waals surface area (Å²) in [6, 6.07) is 5.04. The smallest absolute Gasteiger partial charge is 0.150 e. The molecule has 0 saturated carbocycles. The number of carbonyl (C=O) groups excluding carboxylic acids is 2. The molecule has 0 spiro atoms. The highest BCUT2D eigenvalue weighted by molar-refractivity contribution is 5.81. The molecule has 1 aromatic rings. The Hall–Kier alpha value is -1.52. The number of hydrogen-bond donors (Lipinski definition) is 2. The van der Waals surface area contributed by atoms with Gasteiger partial charge in [-0.3, -0.25) is 9.59 Å². The van der Waals surface area contributed by atoms with Crippen molar-refractivity contribution in [2.24, 2.45) is 11.5 Å². The van der Waals surface area contributed by atoms with Gasteiger partial charge in [-0.2, -0.15) is 0 Å². The van der Waals surface area contributed by atoms with Crippen molar-refractivity contribution < 1.29 is 9.59 Å². The minimum atomic E-state index is -0.00264. The topological polar surface area (TPSA) is 86.2 Å². The number of rotatable bonds is 8. The van der Waals surface area contributed by atoms with E-state index in [1.165, 1.54) is 0 Å². The minimum absolute atomic E-state index is 0.00264. The first kappa shape index (κ1) is 14.5. The van der Waals surface area contributed by atoms with Crippen LogP contribution in [0.15, 0.2) is 18.2 Å². The Morgan fingerprint density at radius 3 is 2.56 bits per heavy atom. The highest BCUT2D eigenvalue weighted by atomic mass is 16.1. The number of benzene rings is 1. The predicted octanol–water partition coefficient (Wildman–Crippen LogP) is 1.31. The third-order valence-electron chi connectivity index (χ3n) is 2.94. The lowest BCUT2D eigenvalue weighted by Crippen LogP contribution is -2.23. The Bertz CT molecular complexity index is 405. The zero-order valence-corrected chi connectivity index (χ0v) is 10.5. The average Bonchev–Trinajstić information content (AvgIpc) is 2.39. The van der Waals surface area contributed by atoms with Crippen molar-refractivity contribution >= 4 is 12.6 Å². The van der Waals surface area contributed by atoms with Gasteiger partial charge in [0.2, 0.25) is 0 Å². The molecular formula is C14H20N2O2. The molecule has 1 rings (SSSR count). The Labute approximate surface area is 107 Å². The van der Waals surface area contributed by atoms with Crippen LogP contribution in [-0.2, 0) is 6.42 Å². The van der Waals surface area contributed by atoms with Crippen molar-refractivity contribution in [1.29, 1.82) is 0 Å².